The summed E-state index contributed by atoms with van der Waals surface area (Å²) >= 11 is 0. The Morgan fingerprint density at radius 2 is 2.03 bits per heavy atom. The highest BCUT2D eigenvalue weighted by Crippen LogP contribution is 2.37. The predicted molar refractivity (Wildman–Crippen MR) is 118 cm³/mol. The van der Waals surface area contributed by atoms with E-state index in [1.165, 1.54) is 17.3 Å². The van der Waals surface area contributed by atoms with Gasteiger partial charge in [-0.15, -0.1) is 0 Å². The Balaban J connectivity index is 1.08. The lowest BCUT2D eigenvalue weighted by molar-refractivity contribution is -0.118. The lowest BCUT2D eigenvalue weighted by Crippen LogP contribution is -2.48. The van der Waals surface area contributed by atoms with Gasteiger partial charge in [-0.2, -0.15) is 0 Å². The average Bonchev–Trinajstić information content (AvgIpc) is 3.38. The molecule has 178 valence electrons. The number of nitrogens with zero attached hydrogens (tertiary/aromatic N) is 5. The molecule has 4 aliphatic rings. The summed E-state index contributed by atoms with van der Waals surface area (Å²) < 4.78 is 24.9. The number of nitrogens with one attached hydrogen (secondary N) is 1. The molecule has 1 spiro atoms. The van der Waals surface area contributed by atoms with Gasteiger partial charge in [0.15, 0.2) is 18.2 Å². The first-order chi connectivity index (χ1) is 16.4. The number of fused-ring (bicyclic) bond motifs is 2. The number of likely N-dealkylation sites (tertiary alicyclic amines) is 1. The van der Waals surface area contributed by atoms with Gasteiger partial charge in [0.2, 0.25) is 0 Å². The molecule has 10 nitrogen and oxygen atoms in total. The number of anilines is 2. The third-order valence-electron chi connectivity index (χ3n) is 7.32. The van der Waals surface area contributed by atoms with Crippen LogP contribution in [-0.2, 0) is 22.4 Å². The van der Waals surface area contributed by atoms with Crippen molar-refractivity contribution in [1.29, 1.82) is 0 Å². The van der Waals surface area contributed by atoms with Crippen molar-refractivity contribution >= 4 is 23.6 Å². The number of carbonyl (C=O) groups is 2. The number of hydrogen-bond acceptors (Lipinski definition) is 8. The maximum absolute atomic E-state index is 13.9. The Morgan fingerprint density at radius 1 is 1.21 bits per heavy atom. The van der Waals surface area contributed by atoms with Crippen molar-refractivity contribution < 1.29 is 23.5 Å². The number of rotatable bonds is 3. The number of hydrogen-bond donors (Lipinski definition) is 1. The number of carbonyl (C=O) groups excluding carboxylic acids is 2. The maximum Gasteiger partial charge on any atom is 0.416 e. The predicted octanol–water partition coefficient (Wildman–Crippen LogP) is 1.86. The standard InChI is InChI=1S/C23H25FN6O4/c1-13-15-6-14(7-17(15)25-8-16(13)24)10-29-4-2-23(3-5-29)12-30(22(32)34-23)18-9-26-21-20(27-18)28-19(31)11-33-21/h8-9,14H,2-7,10-12H2,1H3,(H,27,28,31). The number of halogens is 1. The molecule has 1 aliphatic carbocycles. The normalized spacial score (nSPS) is 23.4. The zero-order valence-corrected chi connectivity index (χ0v) is 18.8. The fourth-order valence-electron chi connectivity index (χ4n) is 5.44. The van der Waals surface area contributed by atoms with Gasteiger partial charge in [0.05, 0.1) is 18.9 Å². The summed E-state index contributed by atoms with van der Waals surface area (Å²) in [5, 5.41) is 2.61. The maximum atomic E-state index is 13.9. The number of piperidine rings is 1. The fraction of sp³-hybridized carbons (Fsp3) is 0.522. The van der Waals surface area contributed by atoms with Crippen LogP contribution >= 0.6 is 0 Å². The number of ether oxygens (including phenoxy) is 2. The molecule has 0 saturated carbocycles. The molecule has 0 aromatic carbocycles. The van der Waals surface area contributed by atoms with Gasteiger partial charge in [0.1, 0.15) is 11.4 Å². The lowest BCUT2D eigenvalue weighted by atomic mass is 9.90. The summed E-state index contributed by atoms with van der Waals surface area (Å²) in [6, 6.07) is 0. The van der Waals surface area contributed by atoms with E-state index in [0.29, 0.717) is 18.3 Å². The van der Waals surface area contributed by atoms with E-state index in [1.54, 1.807) is 0 Å². The lowest BCUT2D eigenvalue weighted by Gasteiger charge is -2.38. The van der Waals surface area contributed by atoms with Crippen molar-refractivity contribution in [3.8, 4) is 5.88 Å². The Bertz CT molecular complexity index is 1180. The van der Waals surface area contributed by atoms with Crippen molar-refractivity contribution in [3.05, 3.63) is 35.0 Å². The van der Waals surface area contributed by atoms with E-state index in [0.717, 1.165) is 62.1 Å². The quantitative estimate of drug-likeness (QED) is 0.727. The van der Waals surface area contributed by atoms with Gasteiger partial charge >= 0.3 is 6.09 Å². The molecule has 3 aliphatic heterocycles. The van der Waals surface area contributed by atoms with Crippen molar-refractivity contribution in [3.63, 3.8) is 0 Å². The Morgan fingerprint density at radius 3 is 2.85 bits per heavy atom. The minimum absolute atomic E-state index is 0.105. The van der Waals surface area contributed by atoms with Gasteiger partial charge in [0.25, 0.3) is 11.8 Å². The molecule has 1 atom stereocenters. The largest absolute Gasteiger partial charge is 0.465 e. The SMILES string of the molecule is Cc1c(F)cnc2c1CC(CN1CCC3(CC1)CN(c1cnc4c(n1)NC(=O)CO4)C(=O)O3)C2. The second-order valence-corrected chi connectivity index (χ2v) is 9.59. The highest BCUT2D eigenvalue weighted by molar-refractivity contribution is 5.94. The summed E-state index contributed by atoms with van der Waals surface area (Å²) in [5.41, 5.74) is 2.24. The zero-order valence-electron chi connectivity index (χ0n) is 18.8. The molecule has 2 fully saturated rings. The zero-order chi connectivity index (χ0) is 23.4. The molecular weight excluding hydrogens is 443 g/mol. The van der Waals surface area contributed by atoms with Crippen LogP contribution in [0.5, 0.6) is 5.88 Å². The molecule has 5 heterocycles. The van der Waals surface area contributed by atoms with Crippen molar-refractivity contribution in [2.75, 3.05) is 43.0 Å². The van der Waals surface area contributed by atoms with E-state index in [1.807, 2.05) is 6.92 Å². The molecule has 0 bridgehead atoms. The molecule has 2 amide bonds. The first-order valence-electron chi connectivity index (χ1n) is 11.5. The minimum atomic E-state index is -0.565. The summed E-state index contributed by atoms with van der Waals surface area (Å²) in [4.78, 5) is 41.0. The van der Waals surface area contributed by atoms with E-state index in [2.05, 4.69) is 25.2 Å². The minimum Gasteiger partial charge on any atom is -0.465 e. The first-order valence-corrected chi connectivity index (χ1v) is 11.5. The molecule has 34 heavy (non-hydrogen) atoms. The van der Waals surface area contributed by atoms with Crippen LogP contribution in [0.2, 0.25) is 0 Å². The van der Waals surface area contributed by atoms with Crippen LogP contribution < -0.4 is 15.0 Å². The van der Waals surface area contributed by atoms with E-state index in [-0.39, 0.29) is 30.0 Å². The molecule has 2 saturated heterocycles. The molecule has 1 N–H and O–H groups in total. The Labute approximate surface area is 195 Å². The van der Waals surface area contributed by atoms with E-state index < -0.39 is 11.7 Å². The van der Waals surface area contributed by atoms with Gasteiger partial charge in [-0.25, -0.2) is 19.2 Å². The monoisotopic (exact) mass is 468 g/mol. The second-order valence-electron chi connectivity index (χ2n) is 9.59. The second kappa shape index (κ2) is 7.86. The molecule has 0 radical (unpaired) electrons. The van der Waals surface area contributed by atoms with Crippen LogP contribution in [0.4, 0.5) is 20.8 Å². The Kier molecular flexibility index (Phi) is 4.91. The first kappa shape index (κ1) is 21.2. The molecule has 6 rings (SSSR count). The van der Waals surface area contributed by atoms with Gasteiger partial charge < -0.3 is 19.7 Å². The van der Waals surface area contributed by atoms with Crippen LogP contribution in [0, 0.1) is 18.7 Å². The molecule has 1 unspecified atom stereocenters. The molecule has 11 heteroatoms. The van der Waals surface area contributed by atoms with Crippen LogP contribution in [0.25, 0.3) is 0 Å². The van der Waals surface area contributed by atoms with Crippen molar-refractivity contribution in [2.45, 2.75) is 38.2 Å². The number of pyridine rings is 1. The fourth-order valence-corrected chi connectivity index (χ4v) is 5.44. The van der Waals surface area contributed by atoms with E-state index >= 15 is 0 Å². The molecular formula is C23H25FN6O4. The number of aromatic nitrogens is 3. The summed E-state index contributed by atoms with van der Waals surface area (Å²) in [7, 11) is 0. The molecule has 2 aromatic rings. The summed E-state index contributed by atoms with van der Waals surface area (Å²) in [6.07, 6.45) is 5.50. The van der Waals surface area contributed by atoms with Gasteiger partial charge in [-0.1, -0.05) is 0 Å². The Hall–Kier alpha value is -3.34. The number of amides is 2. The van der Waals surface area contributed by atoms with Gasteiger partial charge in [0, 0.05) is 38.2 Å². The average molecular weight is 468 g/mol. The summed E-state index contributed by atoms with van der Waals surface area (Å²) in [6.45, 7) is 4.66. The van der Waals surface area contributed by atoms with E-state index in [4.69, 9.17) is 9.47 Å². The smallest absolute Gasteiger partial charge is 0.416 e. The van der Waals surface area contributed by atoms with Crippen LogP contribution in [0.1, 0.15) is 29.7 Å². The van der Waals surface area contributed by atoms with Crippen LogP contribution in [0.3, 0.4) is 0 Å². The highest BCUT2D eigenvalue weighted by Gasteiger charge is 2.48. The summed E-state index contributed by atoms with van der Waals surface area (Å²) in [5.74, 6) is 0.648. The van der Waals surface area contributed by atoms with Gasteiger partial charge in [-0.3, -0.25) is 14.7 Å². The third kappa shape index (κ3) is 3.64. The highest BCUT2D eigenvalue weighted by atomic mass is 19.1. The van der Waals surface area contributed by atoms with Gasteiger partial charge in [-0.05, 0) is 36.8 Å². The van der Waals surface area contributed by atoms with Crippen LogP contribution in [-0.4, -0.2) is 70.2 Å². The van der Waals surface area contributed by atoms with Crippen molar-refractivity contribution in [2.24, 2.45) is 5.92 Å². The van der Waals surface area contributed by atoms with Crippen LogP contribution in [0.15, 0.2) is 12.4 Å². The molecule has 2 aromatic heterocycles. The topological polar surface area (TPSA) is 110 Å². The third-order valence-corrected chi connectivity index (χ3v) is 7.32. The van der Waals surface area contributed by atoms with E-state index in [9.17, 15) is 14.0 Å². The van der Waals surface area contributed by atoms with Crippen molar-refractivity contribution in [1.82, 2.24) is 19.9 Å².